The van der Waals surface area contributed by atoms with Crippen molar-refractivity contribution in [1.82, 2.24) is 10.2 Å². The van der Waals surface area contributed by atoms with Crippen LogP contribution in [0, 0.1) is 0 Å². The summed E-state index contributed by atoms with van der Waals surface area (Å²) in [5.74, 6) is 1.33. The van der Waals surface area contributed by atoms with Crippen molar-refractivity contribution < 1.29 is 9.84 Å². The summed E-state index contributed by atoms with van der Waals surface area (Å²) in [6.45, 7) is 8.72. The van der Waals surface area contributed by atoms with Gasteiger partial charge in [0, 0.05) is 45.9 Å². The first-order valence-electron chi connectivity index (χ1n) is 11.0. The van der Waals surface area contributed by atoms with Crippen molar-refractivity contribution >= 4 is 35.6 Å². The third kappa shape index (κ3) is 8.22. The Bertz CT molecular complexity index is 780. The van der Waals surface area contributed by atoms with Crippen LogP contribution >= 0.6 is 24.0 Å². The first-order chi connectivity index (χ1) is 14.8. The number of ether oxygens (including phenoxy) is 1. The molecule has 0 spiro atoms. The molecule has 0 aliphatic carbocycles. The molecule has 0 radical (unpaired) electrons. The first-order valence-corrected chi connectivity index (χ1v) is 11.0. The average Bonchev–Trinajstić information content (AvgIpc) is 2.79. The Morgan fingerprint density at radius 3 is 2.42 bits per heavy atom. The highest BCUT2D eigenvalue weighted by Gasteiger charge is 2.21. The number of nitrogens with zero attached hydrogens (tertiary/aromatic N) is 3. The van der Waals surface area contributed by atoms with Gasteiger partial charge in [0.15, 0.2) is 5.96 Å². The third-order valence-electron chi connectivity index (χ3n) is 5.21. The van der Waals surface area contributed by atoms with Gasteiger partial charge in [-0.2, -0.15) is 0 Å². The lowest BCUT2D eigenvalue weighted by molar-refractivity contribution is 0.117. The highest BCUT2D eigenvalue weighted by molar-refractivity contribution is 14.0. The van der Waals surface area contributed by atoms with Crippen molar-refractivity contribution in [3.8, 4) is 5.75 Å². The van der Waals surface area contributed by atoms with E-state index in [9.17, 15) is 5.11 Å². The van der Waals surface area contributed by atoms with E-state index in [4.69, 9.17) is 9.73 Å². The number of aromatic hydroxyl groups is 1. The lowest BCUT2D eigenvalue weighted by Crippen LogP contribution is -2.52. The Balaban J connectivity index is 0.00000341. The minimum absolute atomic E-state index is 0. The number of halogens is 1. The number of anilines is 1. The largest absolute Gasteiger partial charge is 0.506 e. The summed E-state index contributed by atoms with van der Waals surface area (Å²) in [6, 6.07) is 17.8. The van der Waals surface area contributed by atoms with Crippen LogP contribution in [0.3, 0.4) is 0 Å². The van der Waals surface area contributed by atoms with E-state index < -0.39 is 0 Å². The number of phenols is 1. The van der Waals surface area contributed by atoms with Gasteiger partial charge < -0.3 is 25.0 Å². The minimum Gasteiger partial charge on any atom is -0.506 e. The van der Waals surface area contributed by atoms with Gasteiger partial charge in [-0.15, -0.1) is 24.0 Å². The number of nitrogens with one attached hydrogen (secondary N) is 1. The van der Waals surface area contributed by atoms with Crippen LogP contribution < -0.4 is 10.2 Å². The molecule has 0 amide bonds. The summed E-state index contributed by atoms with van der Waals surface area (Å²) in [6.07, 6.45) is 2.03. The van der Waals surface area contributed by atoms with Gasteiger partial charge in [-0.25, -0.2) is 0 Å². The number of rotatable bonds is 9. The highest BCUT2D eigenvalue weighted by atomic mass is 127. The van der Waals surface area contributed by atoms with Crippen molar-refractivity contribution in [3.05, 3.63) is 60.2 Å². The fourth-order valence-electron chi connectivity index (χ4n) is 3.58. The molecule has 7 heteroatoms. The van der Waals surface area contributed by atoms with Crippen molar-refractivity contribution in [2.75, 3.05) is 50.8 Å². The van der Waals surface area contributed by atoms with Crippen LogP contribution in [0.1, 0.15) is 25.3 Å². The quantitative estimate of drug-likeness (QED) is 0.218. The van der Waals surface area contributed by atoms with Crippen LogP contribution in [-0.2, 0) is 11.3 Å². The number of aliphatic imine (C=N–C) groups is 1. The summed E-state index contributed by atoms with van der Waals surface area (Å²) in [7, 11) is 0. The van der Waals surface area contributed by atoms with Gasteiger partial charge in [0.05, 0.1) is 12.3 Å². The summed E-state index contributed by atoms with van der Waals surface area (Å²) in [4.78, 5) is 9.36. The van der Waals surface area contributed by atoms with E-state index in [1.807, 2.05) is 36.4 Å². The maximum atomic E-state index is 10.1. The molecule has 170 valence electrons. The Hall–Kier alpha value is -2.00. The second kappa shape index (κ2) is 14.1. The van der Waals surface area contributed by atoms with Gasteiger partial charge >= 0.3 is 0 Å². The SMILES string of the molecule is CCNC(=NCCCCOCc1ccccc1)N1CCN(c2ccccc2O)CC1.I. The van der Waals surface area contributed by atoms with Gasteiger partial charge in [-0.1, -0.05) is 42.5 Å². The minimum atomic E-state index is 0. The number of hydrogen-bond donors (Lipinski definition) is 2. The van der Waals surface area contributed by atoms with Crippen LogP contribution in [0.2, 0.25) is 0 Å². The lowest BCUT2D eigenvalue weighted by Gasteiger charge is -2.37. The van der Waals surface area contributed by atoms with E-state index in [2.05, 4.69) is 34.2 Å². The standard InChI is InChI=1S/C24H34N4O2.HI/c1-2-25-24(26-14-8-9-19-30-20-21-10-4-3-5-11-21)28-17-15-27(16-18-28)22-12-6-7-13-23(22)29;/h3-7,10-13,29H,2,8-9,14-20H2,1H3,(H,25,26);1H. The molecular formula is C24H35IN4O2. The molecule has 0 unspecified atom stereocenters. The molecule has 6 nitrogen and oxygen atoms in total. The fourth-order valence-corrected chi connectivity index (χ4v) is 3.58. The number of benzene rings is 2. The number of hydrogen-bond acceptors (Lipinski definition) is 4. The number of piperazine rings is 1. The summed E-state index contributed by atoms with van der Waals surface area (Å²) >= 11 is 0. The maximum absolute atomic E-state index is 10.1. The fraction of sp³-hybridized carbons (Fsp3) is 0.458. The van der Waals surface area contributed by atoms with Crippen molar-refractivity contribution in [1.29, 1.82) is 0 Å². The maximum Gasteiger partial charge on any atom is 0.194 e. The summed E-state index contributed by atoms with van der Waals surface area (Å²) < 4.78 is 5.75. The normalized spacial score (nSPS) is 14.3. The zero-order valence-electron chi connectivity index (χ0n) is 18.4. The average molecular weight is 538 g/mol. The molecule has 1 aliphatic rings. The van der Waals surface area contributed by atoms with Crippen LogP contribution in [0.15, 0.2) is 59.6 Å². The number of guanidine groups is 1. The van der Waals surface area contributed by atoms with E-state index in [0.29, 0.717) is 12.4 Å². The molecule has 1 heterocycles. The van der Waals surface area contributed by atoms with Crippen molar-refractivity contribution in [2.24, 2.45) is 4.99 Å². The monoisotopic (exact) mass is 538 g/mol. The molecule has 1 aliphatic heterocycles. The van der Waals surface area contributed by atoms with Crippen LogP contribution in [-0.4, -0.2) is 61.8 Å². The van der Waals surface area contributed by atoms with Gasteiger partial charge in [-0.05, 0) is 37.5 Å². The molecular weight excluding hydrogens is 503 g/mol. The molecule has 1 saturated heterocycles. The van der Waals surface area contributed by atoms with E-state index >= 15 is 0 Å². The van der Waals surface area contributed by atoms with Crippen LogP contribution in [0.4, 0.5) is 5.69 Å². The Kier molecular flexibility index (Phi) is 11.5. The van der Waals surface area contributed by atoms with Gasteiger partial charge in [0.25, 0.3) is 0 Å². The number of para-hydroxylation sites is 2. The predicted molar refractivity (Wildman–Crippen MR) is 139 cm³/mol. The van der Waals surface area contributed by atoms with Crippen LogP contribution in [0.25, 0.3) is 0 Å². The molecule has 2 aromatic carbocycles. The molecule has 31 heavy (non-hydrogen) atoms. The number of phenolic OH excluding ortho intramolecular Hbond substituents is 1. The molecule has 0 aromatic heterocycles. The van der Waals surface area contributed by atoms with Crippen molar-refractivity contribution in [3.63, 3.8) is 0 Å². The summed E-state index contributed by atoms with van der Waals surface area (Å²) in [5, 5.41) is 13.5. The second-order valence-corrected chi connectivity index (χ2v) is 7.44. The zero-order valence-corrected chi connectivity index (χ0v) is 20.7. The van der Waals surface area contributed by atoms with Gasteiger partial charge in [0.1, 0.15) is 5.75 Å². The van der Waals surface area contributed by atoms with E-state index in [1.165, 1.54) is 5.56 Å². The van der Waals surface area contributed by atoms with E-state index in [0.717, 1.165) is 70.4 Å². The zero-order chi connectivity index (χ0) is 21.0. The molecule has 1 fully saturated rings. The number of unbranched alkanes of at least 4 members (excludes halogenated alkanes) is 1. The molecule has 0 atom stereocenters. The Labute approximate surface area is 203 Å². The van der Waals surface area contributed by atoms with Crippen LogP contribution in [0.5, 0.6) is 5.75 Å². The molecule has 3 rings (SSSR count). The highest BCUT2D eigenvalue weighted by Crippen LogP contribution is 2.27. The Morgan fingerprint density at radius 1 is 1.00 bits per heavy atom. The molecule has 2 aromatic rings. The second-order valence-electron chi connectivity index (χ2n) is 7.44. The third-order valence-corrected chi connectivity index (χ3v) is 5.21. The molecule has 2 N–H and O–H groups in total. The molecule has 0 saturated carbocycles. The van der Waals surface area contributed by atoms with Crippen molar-refractivity contribution in [2.45, 2.75) is 26.4 Å². The van der Waals surface area contributed by atoms with Gasteiger partial charge in [-0.3, -0.25) is 4.99 Å². The predicted octanol–water partition coefficient (Wildman–Crippen LogP) is 4.09. The smallest absolute Gasteiger partial charge is 0.194 e. The van der Waals surface area contributed by atoms with E-state index in [-0.39, 0.29) is 24.0 Å². The summed E-state index contributed by atoms with van der Waals surface area (Å²) in [5.41, 5.74) is 2.13. The topological polar surface area (TPSA) is 60.3 Å². The lowest BCUT2D eigenvalue weighted by atomic mass is 10.2. The first kappa shape index (κ1) is 25.3. The van der Waals surface area contributed by atoms with E-state index in [1.54, 1.807) is 6.07 Å². The molecule has 0 bridgehead atoms. The Morgan fingerprint density at radius 2 is 1.71 bits per heavy atom. The van der Waals surface area contributed by atoms with Gasteiger partial charge in [0.2, 0.25) is 0 Å².